The van der Waals surface area contributed by atoms with Gasteiger partial charge >= 0.3 is 5.69 Å². The molecule has 6 nitrogen and oxygen atoms in total. The SMILES string of the molecule is O=c1c2c(ncn2Cc2ccccc2F)n(-c2ccccc2Cl)c(=O)n1C1CCCC1. The second-order valence-electron chi connectivity index (χ2n) is 7.82. The highest BCUT2D eigenvalue weighted by Crippen LogP contribution is 2.28. The van der Waals surface area contributed by atoms with Crippen molar-refractivity contribution in [1.82, 2.24) is 18.7 Å². The summed E-state index contributed by atoms with van der Waals surface area (Å²) < 4.78 is 18.6. The molecule has 2 aromatic heterocycles. The topological polar surface area (TPSA) is 61.8 Å². The van der Waals surface area contributed by atoms with E-state index in [4.69, 9.17) is 11.6 Å². The van der Waals surface area contributed by atoms with Crippen molar-refractivity contribution < 1.29 is 4.39 Å². The van der Waals surface area contributed by atoms with Crippen LogP contribution in [0.15, 0.2) is 64.4 Å². The van der Waals surface area contributed by atoms with Gasteiger partial charge in [-0.05, 0) is 31.0 Å². The number of aromatic nitrogens is 4. The fourth-order valence-electron chi connectivity index (χ4n) is 4.42. The highest BCUT2D eigenvalue weighted by Gasteiger charge is 2.26. The van der Waals surface area contributed by atoms with Crippen LogP contribution >= 0.6 is 11.6 Å². The molecule has 1 saturated carbocycles. The Kier molecular flexibility index (Phi) is 4.98. The molecule has 0 bridgehead atoms. The first kappa shape index (κ1) is 19.8. The van der Waals surface area contributed by atoms with Gasteiger partial charge in [-0.25, -0.2) is 18.7 Å². The van der Waals surface area contributed by atoms with Crippen LogP contribution in [-0.2, 0) is 6.54 Å². The predicted octanol–water partition coefficient (Wildman–Crippen LogP) is 4.30. The Morgan fingerprint density at radius 1 is 1.03 bits per heavy atom. The van der Waals surface area contributed by atoms with Crippen molar-refractivity contribution in [3.63, 3.8) is 0 Å². The number of para-hydroxylation sites is 1. The normalized spacial score (nSPS) is 14.5. The molecule has 0 unspecified atom stereocenters. The first-order chi connectivity index (χ1) is 15.1. The van der Waals surface area contributed by atoms with Crippen LogP contribution in [0.1, 0.15) is 37.3 Å². The average Bonchev–Trinajstić information content (AvgIpc) is 3.42. The summed E-state index contributed by atoms with van der Waals surface area (Å²) in [6.45, 7) is 0.129. The Bertz CT molecular complexity index is 1400. The van der Waals surface area contributed by atoms with E-state index in [2.05, 4.69) is 4.98 Å². The summed E-state index contributed by atoms with van der Waals surface area (Å²) in [4.78, 5) is 31.4. The summed E-state index contributed by atoms with van der Waals surface area (Å²) in [5, 5.41) is 0.381. The van der Waals surface area contributed by atoms with E-state index in [9.17, 15) is 14.0 Å². The summed E-state index contributed by atoms with van der Waals surface area (Å²) >= 11 is 6.41. The third-order valence-corrected chi connectivity index (χ3v) is 6.25. The molecule has 0 atom stereocenters. The van der Waals surface area contributed by atoms with Gasteiger partial charge in [0, 0.05) is 11.6 Å². The minimum absolute atomic E-state index is 0.129. The fourth-order valence-corrected chi connectivity index (χ4v) is 4.64. The molecule has 0 saturated heterocycles. The lowest BCUT2D eigenvalue weighted by atomic mass is 10.2. The zero-order chi connectivity index (χ0) is 21.5. The van der Waals surface area contributed by atoms with E-state index in [1.54, 1.807) is 47.0 Å². The molecule has 0 amide bonds. The van der Waals surface area contributed by atoms with Gasteiger partial charge < -0.3 is 4.57 Å². The zero-order valence-electron chi connectivity index (χ0n) is 16.7. The van der Waals surface area contributed by atoms with E-state index in [1.807, 2.05) is 0 Å². The van der Waals surface area contributed by atoms with E-state index in [0.717, 1.165) is 25.7 Å². The maximum atomic E-state index is 14.3. The maximum Gasteiger partial charge on any atom is 0.337 e. The quantitative estimate of drug-likeness (QED) is 0.477. The van der Waals surface area contributed by atoms with Crippen molar-refractivity contribution in [2.75, 3.05) is 0 Å². The Morgan fingerprint density at radius 3 is 2.48 bits per heavy atom. The van der Waals surface area contributed by atoms with Gasteiger partial charge in [0.15, 0.2) is 11.2 Å². The second kappa shape index (κ2) is 7.81. The summed E-state index contributed by atoms with van der Waals surface area (Å²) in [7, 11) is 0. The van der Waals surface area contributed by atoms with Crippen molar-refractivity contribution in [2.45, 2.75) is 38.3 Å². The number of hydrogen-bond donors (Lipinski definition) is 0. The third-order valence-electron chi connectivity index (χ3n) is 5.93. The lowest BCUT2D eigenvalue weighted by molar-refractivity contribution is 0.474. The molecule has 8 heteroatoms. The molecule has 4 aromatic rings. The summed E-state index contributed by atoms with van der Waals surface area (Å²) in [6.07, 6.45) is 4.95. The summed E-state index contributed by atoms with van der Waals surface area (Å²) in [5.41, 5.74) is 0.521. The molecule has 158 valence electrons. The molecular weight excluding hydrogens is 419 g/mol. The van der Waals surface area contributed by atoms with Gasteiger partial charge in [0.05, 0.1) is 23.6 Å². The number of nitrogens with zero attached hydrogens (tertiary/aromatic N) is 4. The van der Waals surface area contributed by atoms with Crippen LogP contribution in [0.2, 0.25) is 5.02 Å². The number of imidazole rings is 1. The summed E-state index contributed by atoms with van der Waals surface area (Å²) in [6, 6.07) is 13.2. The van der Waals surface area contributed by atoms with Gasteiger partial charge in [0.25, 0.3) is 5.56 Å². The highest BCUT2D eigenvalue weighted by molar-refractivity contribution is 6.32. The molecule has 0 spiro atoms. The first-order valence-electron chi connectivity index (χ1n) is 10.3. The average molecular weight is 439 g/mol. The van der Waals surface area contributed by atoms with Gasteiger partial charge in [0.1, 0.15) is 5.82 Å². The Balaban J connectivity index is 1.81. The smallest absolute Gasteiger partial charge is 0.320 e. The Morgan fingerprint density at radius 2 is 1.74 bits per heavy atom. The molecule has 5 rings (SSSR count). The van der Waals surface area contributed by atoms with E-state index in [-0.39, 0.29) is 29.6 Å². The molecule has 0 aliphatic heterocycles. The van der Waals surface area contributed by atoms with E-state index in [0.29, 0.717) is 16.3 Å². The number of hydrogen-bond acceptors (Lipinski definition) is 3. The Hall–Kier alpha value is -3.19. The first-order valence-corrected chi connectivity index (χ1v) is 10.6. The molecule has 1 aliphatic carbocycles. The molecule has 31 heavy (non-hydrogen) atoms. The molecule has 0 radical (unpaired) electrons. The fraction of sp³-hybridized carbons (Fsp3) is 0.261. The van der Waals surface area contributed by atoms with Crippen LogP contribution in [0.5, 0.6) is 0 Å². The van der Waals surface area contributed by atoms with Crippen LogP contribution < -0.4 is 11.2 Å². The van der Waals surface area contributed by atoms with Crippen LogP contribution in [-0.4, -0.2) is 18.7 Å². The summed E-state index contributed by atoms with van der Waals surface area (Å²) in [5.74, 6) is -0.361. The minimum Gasteiger partial charge on any atom is -0.320 e. The van der Waals surface area contributed by atoms with E-state index in [1.165, 1.54) is 21.5 Å². The molecule has 1 aliphatic rings. The van der Waals surface area contributed by atoms with Gasteiger partial charge in [-0.2, -0.15) is 0 Å². The number of rotatable bonds is 4. The van der Waals surface area contributed by atoms with E-state index < -0.39 is 11.2 Å². The molecule has 0 N–H and O–H groups in total. The largest absolute Gasteiger partial charge is 0.337 e. The standard InChI is InChI=1S/C23H20ClFN4O2/c24-17-10-4-6-12-19(17)29-21-20(22(30)28(23(29)31)16-8-2-3-9-16)27(14-26-21)13-15-7-1-5-11-18(15)25/h1,4-7,10-12,14,16H,2-3,8-9,13H2. The molecule has 1 fully saturated rings. The monoisotopic (exact) mass is 438 g/mol. The van der Waals surface area contributed by atoms with Crippen molar-refractivity contribution in [2.24, 2.45) is 0 Å². The van der Waals surface area contributed by atoms with Crippen LogP contribution in [0.25, 0.3) is 16.9 Å². The van der Waals surface area contributed by atoms with Gasteiger partial charge in [-0.3, -0.25) is 9.36 Å². The number of halogens is 2. The van der Waals surface area contributed by atoms with Crippen molar-refractivity contribution in [3.8, 4) is 5.69 Å². The van der Waals surface area contributed by atoms with E-state index >= 15 is 0 Å². The van der Waals surface area contributed by atoms with Crippen molar-refractivity contribution in [1.29, 1.82) is 0 Å². The Labute approximate surface area is 182 Å². The maximum absolute atomic E-state index is 14.3. The van der Waals surface area contributed by atoms with Crippen molar-refractivity contribution in [3.05, 3.63) is 92.1 Å². The van der Waals surface area contributed by atoms with Crippen molar-refractivity contribution >= 4 is 22.8 Å². The van der Waals surface area contributed by atoms with Gasteiger partial charge in [-0.1, -0.05) is 54.8 Å². The van der Waals surface area contributed by atoms with Crippen LogP contribution in [0.4, 0.5) is 4.39 Å². The third kappa shape index (κ3) is 3.29. The van der Waals surface area contributed by atoms with Gasteiger partial charge in [0.2, 0.25) is 0 Å². The second-order valence-corrected chi connectivity index (χ2v) is 8.23. The van der Waals surface area contributed by atoms with Crippen LogP contribution in [0, 0.1) is 5.82 Å². The van der Waals surface area contributed by atoms with Gasteiger partial charge in [-0.15, -0.1) is 0 Å². The number of fused-ring (bicyclic) bond motifs is 1. The molecule has 2 heterocycles. The van der Waals surface area contributed by atoms with Crippen LogP contribution in [0.3, 0.4) is 0 Å². The zero-order valence-corrected chi connectivity index (χ0v) is 17.4. The molecular formula is C23H20ClFN4O2. The minimum atomic E-state index is -0.450. The highest BCUT2D eigenvalue weighted by atomic mass is 35.5. The number of benzene rings is 2. The lowest BCUT2D eigenvalue weighted by Gasteiger charge is -2.17. The predicted molar refractivity (Wildman–Crippen MR) is 118 cm³/mol. The molecule has 2 aromatic carbocycles. The lowest BCUT2D eigenvalue weighted by Crippen LogP contribution is -2.42.